The van der Waals surface area contributed by atoms with Gasteiger partial charge >= 0.3 is 5.97 Å². The molecule has 4 heteroatoms. The number of carbonyl (C=O) groups is 2. The van der Waals surface area contributed by atoms with Crippen LogP contribution in [-0.2, 0) is 20.7 Å². The van der Waals surface area contributed by atoms with Gasteiger partial charge in [-0.15, -0.1) is 0 Å². The summed E-state index contributed by atoms with van der Waals surface area (Å²) in [6.07, 6.45) is 1.21. The van der Waals surface area contributed by atoms with Gasteiger partial charge in [-0.1, -0.05) is 82.3 Å². The lowest BCUT2D eigenvalue weighted by molar-refractivity contribution is -0.148. The first-order valence-corrected chi connectivity index (χ1v) is 10.3. The van der Waals surface area contributed by atoms with Crippen molar-refractivity contribution in [1.82, 2.24) is 5.32 Å². The van der Waals surface area contributed by atoms with Gasteiger partial charge in [0.05, 0.1) is 12.5 Å². The van der Waals surface area contributed by atoms with Gasteiger partial charge in [-0.2, -0.15) is 0 Å². The molecule has 4 nitrogen and oxygen atoms in total. The van der Waals surface area contributed by atoms with Gasteiger partial charge in [-0.3, -0.25) is 9.59 Å². The molecule has 2 aromatic carbocycles. The van der Waals surface area contributed by atoms with Crippen LogP contribution in [0.5, 0.6) is 0 Å². The smallest absolute Gasteiger partial charge is 0.308 e. The number of ether oxygens (including phenoxy) is 1. The maximum Gasteiger partial charge on any atom is 0.308 e. The standard InChI is InChI=1S/C25H33NO3/c1-6-29-23(27)18(2)16-22(26-24(28)25(3,4)5)17-19-12-14-21(15-13-19)20-10-8-7-9-11-20/h7-15,18,22H,6,16-17H2,1-5H3,(H,26,28)/t18-,22?/m1/s1. The molecule has 1 unspecified atom stereocenters. The average molecular weight is 396 g/mol. The lowest BCUT2D eigenvalue weighted by Crippen LogP contribution is -2.44. The lowest BCUT2D eigenvalue weighted by atomic mass is 9.91. The molecule has 0 saturated carbocycles. The van der Waals surface area contributed by atoms with E-state index in [0.717, 1.165) is 11.1 Å². The van der Waals surface area contributed by atoms with Crippen LogP contribution in [0.1, 0.15) is 46.6 Å². The van der Waals surface area contributed by atoms with Crippen molar-refractivity contribution in [2.24, 2.45) is 11.3 Å². The molecule has 0 aliphatic carbocycles. The maximum absolute atomic E-state index is 12.6. The van der Waals surface area contributed by atoms with Crippen molar-refractivity contribution in [2.75, 3.05) is 6.61 Å². The van der Waals surface area contributed by atoms with Crippen LogP contribution in [0.25, 0.3) is 11.1 Å². The molecule has 1 amide bonds. The Balaban J connectivity index is 2.13. The van der Waals surface area contributed by atoms with Crippen LogP contribution in [0.3, 0.4) is 0 Å². The highest BCUT2D eigenvalue weighted by atomic mass is 16.5. The van der Waals surface area contributed by atoms with Gasteiger partial charge in [-0.25, -0.2) is 0 Å². The van der Waals surface area contributed by atoms with E-state index in [-0.39, 0.29) is 23.8 Å². The summed E-state index contributed by atoms with van der Waals surface area (Å²) in [5.74, 6) is -0.509. The fraction of sp³-hybridized carbons (Fsp3) is 0.440. The molecule has 2 rings (SSSR count). The average Bonchev–Trinajstić information content (AvgIpc) is 2.68. The van der Waals surface area contributed by atoms with E-state index in [4.69, 9.17) is 4.74 Å². The highest BCUT2D eigenvalue weighted by Gasteiger charge is 2.27. The molecule has 2 aromatic rings. The maximum atomic E-state index is 12.6. The highest BCUT2D eigenvalue weighted by Crippen LogP contribution is 2.21. The van der Waals surface area contributed by atoms with Crippen LogP contribution in [-0.4, -0.2) is 24.5 Å². The molecular formula is C25H33NO3. The van der Waals surface area contributed by atoms with Crippen LogP contribution < -0.4 is 5.32 Å². The Hall–Kier alpha value is -2.62. The van der Waals surface area contributed by atoms with Gasteiger partial charge in [0.2, 0.25) is 5.91 Å². The third-order valence-corrected chi connectivity index (χ3v) is 4.89. The Morgan fingerprint density at radius 1 is 0.966 bits per heavy atom. The van der Waals surface area contributed by atoms with Gasteiger partial charge in [0.15, 0.2) is 0 Å². The van der Waals surface area contributed by atoms with Crippen molar-refractivity contribution in [3.8, 4) is 11.1 Å². The number of amides is 1. The quantitative estimate of drug-likeness (QED) is 0.639. The molecule has 0 aliphatic rings. The largest absolute Gasteiger partial charge is 0.466 e. The number of carbonyl (C=O) groups excluding carboxylic acids is 2. The minimum Gasteiger partial charge on any atom is -0.466 e. The Morgan fingerprint density at radius 2 is 1.55 bits per heavy atom. The molecule has 0 aliphatic heterocycles. The topological polar surface area (TPSA) is 55.4 Å². The first kappa shape index (κ1) is 22.7. The summed E-state index contributed by atoms with van der Waals surface area (Å²) in [4.78, 5) is 24.6. The van der Waals surface area contributed by atoms with Crippen molar-refractivity contribution >= 4 is 11.9 Å². The van der Waals surface area contributed by atoms with Crippen LogP contribution in [0.4, 0.5) is 0 Å². The summed E-state index contributed by atoms with van der Waals surface area (Å²) >= 11 is 0. The first-order valence-electron chi connectivity index (χ1n) is 10.3. The highest BCUT2D eigenvalue weighted by molar-refractivity contribution is 5.81. The molecule has 0 spiro atoms. The van der Waals surface area contributed by atoms with Gasteiger partial charge < -0.3 is 10.1 Å². The summed E-state index contributed by atoms with van der Waals surface area (Å²) in [7, 11) is 0. The molecular weight excluding hydrogens is 362 g/mol. The molecule has 1 N–H and O–H groups in total. The minimum atomic E-state index is -0.484. The van der Waals surface area contributed by atoms with Gasteiger partial charge in [-0.05, 0) is 36.5 Å². The summed E-state index contributed by atoms with van der Waals surface area (Å²) in [6.45, 7) is 9.70. The molecule has 2 atom stereocenters. The van der Waals surface area contributed by atoms with E-state index in [9.17, 15) is 9.59 Å². The summed E-state index contributed by atoms with van der Waals surface area (Å²) in [5.41, 5.74) is 2.97. The van der Waals surface area contributed by atoms with Crippen molar-refractivity contribution in [2.45, 2.75) is 53.5 Å². The van der Waals surface area contributed by atoms with Gasteiger partial charge in [0, 0.05) is 11.5 Å². The molecule has 156 valence electrons. The second-order valence-corrected chi connectivity index (χ2v) is 8.58. The van der Waals surface area contributed by atoms with Crippen LogP contribution in [0.15, 0.2) is 54.6 Å². The van der Waals surface area contributed by atoms with Crippen LogP contribution in [0, 0.1) is 11.3 Å². The number of esters is 1. The number of nitrogens with one attached hydrogen (secondary N) is 1. The number of hydrogen-bond donors (Lipinski definition) is 1. The van der Waals surface area contributed by atoms with E-state index < -0.39 is 5.41 Å². The van der Waals surface area contributed by atoms with Crippen molar-refractivity contribution in [3.05, 3.63) is 60.2 Å². The van der Waals surface area contributed by atoms with E-state index in [1.165, 1.54) is 5.56 Å². The third-order valence-electron chi connectivity index (χ3n) is 4.89. The Labute approximate surface area is 174 Å². The number of hydrogen-bond acceptors (Lipinski definition) is 3. The van der Waals surface area contributed by atoms with Crippen molar-refractivity contribution in [1.29, 1.82) is 0 Å². The van der Waals surface area contributed by atoms with Crippen molar-refractivity contribution in [3.63, 3.8) is 0 Å². The Bertz CT molecular complexity index is 791. The molecule has 0 aromatic heterocycles. The van der Waals surface area contributed by atoms with E-state index in [0.29, 0.717) is 19.4 Å². The summed E-state index contributed by atoms with van der Waals surface area (Å²) in [5, 5.41) is 3.13. The van der Waals surface area contributed by atoms with E-state index in [2.05, 4.69) is 41.7 Å². The Kier molecular flexibility index (Phi) is 8.00. The normalized spacial score (nSPS) is 13.4. The van der Waals surface area contributed by atoms with Crippen molar-refractivity contribution < 1.29 is 14.3 Å². The number of benzene rings is 2. The predicted molar refractivity (Wildman–Crippen MR) is 117 cm³/mol. The first-order chi connectivity index (χ1) is 13.7. The third kappa shape index (κ3) is 7.04. The molecule has 0 saturated heterocycles. The van der Waals surface area contributed by atoms with E-state index in [1.54, 1.807) is 6.92 Å². The van der Waals surface area contributed by atoms with Crippen LogP contribution in [0.2, 0.25) is 0 Å². The molecule has 0 bridgehead atoms. The zero-order valence-corrected chi connectivity index (χ0v) is 18.2. The molecule has 0 fully saturated rings. The van der Waals surface area contributed by atoms with Crippen LogP contribution >= 0.6 is 0 Å². The lowest BCUT2D eigenvalue weighted by Gasteiger charge is -2.26. The van der Waals surface area contributed by atoms with Gasteiger partial charge in [0.1, 0.15) is 0 Å². The fourth-order valence-corrected chi connectivity index (χ4v) is 3.15. The second kappa shape index (κ2) is 10.2. The monoisotopic (exact) mass is 395 g/mol. The fourth-order valence-electron chi connectivity index (χ4n) is 3.15. The summed E-state index contributed by atoms with van der Waals surface area (Å²) in [6, 6.07) is 18.5. The SMILES string of the molecule is CCOC(=O)[C@H](C)CC(Cc1ccc(-c2ccccc2)cc1)NC(=O)C(C)(C)C. The zero-order chi connectivity index (χ0) is 21.4. The molecule has 29 heavy (non-hydrogen) atoms. The molecule has 0 radical (unpaired) electrons. The zero-order valence-electron chi connectivity index (χ0n) is 18.2. The van der Waals surface area contributed by atoms with E-state index in [1.807, 2.05) is 45.9 Å². The van der Waals surface area contributed by atoms with E-state index >= 15 is 0 Å². The predicted octanol–water partition coefficient (Wildman–Crippen LogP) is 5.02. The summed E-state index contributed by atoms with van der Waals surface area (Å²) < 4.78 is 5.14. The van der Waals surface area contributed by atoms with Gasteiger partial charge in [0.25, 0.3) is 0 Å². The Morgan fingerprint density at radius 3 is 2.10 bits per heavy atom. The molecule has 0 heterocycles. The second-order valence-electron chi connectivity index (χ2n) is 8.58. The minimum absolute atomic E-state index is 0.0144. The number of rotatable bonds is 8.